The van der Waals surface area contributed by atoms with Gasteiger partial charge in [-0.1, -0.05) is 62.0 Å². The van der Waals surface area contributed by atoms with Gasteiger partial charge in [-0.3, -0.25) is 0 Å². The Morgan fingerprint density at radius 2 is 1.87 bits per heavy atom. The van der Waals surface area contributed by atoms with Crippen LogP contribution >= 0.6 is 11.8 Å². The Labute approximate surface area is 262 Å². The predicted octanol–water partition coefficient (Wildman–Crippen LogP) is 7.45. The maximum absolute atomic E-state index is 12.8. The highest BCUT2D eigenvalue weighted by molar-refractivity contribution is 8.14. The summed E-state index contributed by atoms with van der Waals surface area (Å²) in [5, 5.41) is 17.4. The molecule has 0 bridgehead atoms. The van der Waals surface area contributed by atoms with Crippen molar-refractivity contribution in [3.05, 3.63) is 95.9 Å². The van der Waals surface area contributed by atoms with Crippen LogP contribution in [0.25, 0.3) is 22.6 Å². The van der Waals surface area contributed by atoms with Crippen molar-refractivity contribution in [2.75, 3.05) is 17.2 Å². The fourth-order valence-corrected chi connectivity index (χ4v) is 5.60. The number of carbonyl (C=O) groups is 1. The number of aromatic nitrogens is 3. The third-order valence-corrected chi connectivity index (χ3v) is 7.77. The highest BCUT2D eigenvalue weighted by atomic mass is 32.2. The molecule has 0 unspecified atom stereocenters. The van der Waals surface area contributed by atoms with Crippen LogP contribution in [0.3, 0.4) is 0 Å². The van der Waals surface area contributed by atoms with Crippen molar-refractivity contribution in [2.45, 2.75) is 33.1 Å². The second kappa shape index (κ2) is 13.3. The lowest BCUT2D eigenvalue weighted by Gasteiger charge is -2.23. The molecule has 0 radical (unpaired) electrons. The Morgan fingerprint density at radius 3 is 2.53 bits per heavy atom. The molecule has 4 aromatic rings. The predicted molar refractivity (Wildman–Crippen MR) is 168 cm³/mol. The normalized spacial score (nSPS) is 14.6. The van der Waals surface area contributed by atoms with Gasteiger partial charge in [0.15, 0.2) is 11.0 Å². The van der Waals surface area contributed by atoms with E-state index in [1.165, 1.54) is 58.8 Å². The molecule has 1 aliphatic rings. The summed E-state index contributed by atoms with van der Waals surface area (Å²) in [5.74, 6) is 1.15. The SMILES string of the molecule is Cc1ccc(C(C)C)c(N2CCS/C2=N\C(=O)N/C=C(\C#N)c2ccc(-c3ncn(-c4ccc(OC(F)(F)F)cc4)n3)cc2)c1. The van der Waals surface area contributed by atoms with E-state index in [1.54, 1.807) is 24.3 Å². The maximum Gasteiger partial charge on any atom is 0.573 e. The first-order valence-corrected chi connectivity index (χ1v) is 14.9. The number of nitriles is 1. The number of urea groups is 1. The summed E-state index contributed by atoms with van der Waals surface area (Å²) in [4.78, 5) is 23.4. The molecule has 1 aromatic heterocycles. The third-order valence-electron chi connectivity index (χ3n) is 6.81. The molecule has 0 spiro atoms. The van der Waals surface area contributed by atoms with E-state index in [0.29, 0.717) is 33.7 Å². The molecule has 2 amide bonds. The average Bonchev–Trinajstić information content (AvgIpc) is 3.68. The Bertz CT molecular complexity index is 1790. The summed E-state index contributed by atoms with van der Waals surface area (Å²) in [5.41, 5.74) is 5.29. The number of allylic oxidation sites excluding steroid dienone is 1. The van der Waals surface area contributed by atoms with Crippen LogP contribution in [0.15, 0.2) is 84.2 Å². The number of aryl methyl sites for hydroxylation is 1. The highest BCUT2D eigenvalue weighted by Crippen LogP contribution is 2.33. The number of rotatable bonds is 7. The molecule has 1 N–H and O–H groups in total. The van der Waals surface area contributed by atoms with E-state index < -0.39 is 12.4 Å². The zero-order chi connectivity index (χ0) is 32.1. The van der Waals surface area contributed by atoms with Gasteiger partial charge >= 0.3 is 12.4 Å². The summed E-state index contributed by atoms with van der Waals surface area (Å²) in [6, 6.07) is 19.9. The number of thioether (sulfide) groups is 1. The summed E-state index contributed by atoms with van der Waals surface area (Å²) in [7, 11) is 0. The van der Waals surface area contributed by atoms with E-state index in [9.17, 15) is 23.2 Å². The van der Waals surface area contributed by atoms with Crippen LogP contribution in [-0.2, 0) is 0 Å². The van der Waals surface area contributed by atoms with Crippen molar-refractivity contribution in [1.82, 2.24) is 20.1 Å². The zero-order valence-electron chi connectivity index (χ0n) is 24.5. The van der Waals surface area contributed by atoms with Gasteiger partial charge in [-0.25, -0.2) is 14.5 Å². The molecular formula is C32H28F3N7O2S. The van der Waals surface area contributed by atoms with Crippen LogP contribution in [0.5, 0.6) is 5.75 Å². The molecule has 0 aliphatic carbocycles. The number of nitrogens with zero attached hydrogens (tertiary/aromatic N) is 6. The van der Waals surface area contributed by atoms with Gasteiger partial charge in [0, 0.05) is 29.7 Å². The van der Waals surface area contributed by atoms with Crippen molar-refractivity contribution in [2.24, 2.45) is 4.99 Å². The topological polar surface area (TPSA) is 108 Å². The minimum Gasteiger partial charge on any atom is -0.406 e. The first kappa shape index (κ1) is 31.3. The van der Waals surface area contributed by atoms with E-state index in [0.717, 1.165) is 23.5 Å². The summed E-state index contributed by atoms with van der Waals surface area (Å²) < 4.78 is 42.6. The molecule has 1 saturated heterocycles. The van der Waals surface area contributed by atoms with Crippen molar-refractivity contribution in [3.8, 4) is 28.9 Å². The number of hydrogen-bond donors (Lipinski definition) is 1. The van der Waals surface area contributed by atoms with Crippen LogP contribution in [0.1, 0.15) is 36.5 Å². The fourth-order valence-electron chi connectivity index (χ4n) is 4.65. The molecule has 3 aromatic carbocycles. The molecule has 45 heavy (non-hydrogen) atoms. The average molecular weight is 632 g/mol. The molecule has 1 fully saturated rings. The van der Waals surface area contributed by atoms with E-state index >= 15 is 0 Å². The second-order valence-corrected chi connectivity index (χ2v) is 11.4. The molecule has 0 atom stereocenters. The van der Waals surface area contributed by atoms with Crippen molar-refractivity contribution < 1.29 is 22.7 Å². The Morgan fingerprint density at radius 1 is 1.13 bits per heavy atom. The van der Waals surface area contributed by atoms with Crippen LogP contribution in [0.2, 0.25) is 0 Å². The Kier molecular flexibility index (Phi) is 9.24. The maximum atomic E-state index is 12.8. The molecule has 2 heterocycles. The van der Waals surface area contributed by atoms with Crippen molar-refractivity contribution in [1.29, 1.82) is 5.26 Å². The standard InChI is InChI=1S/C32H28F3N7O2S/c1-20(2)27-13-4-21(3)16-28(27)41-14-15-45-31(41)39-30(43)37-18-24(17-36)22-5-7-23(8-6-22)29-38-19-42(40-29)25-9-11-26(12-10-25)44-32(33,34)35/h4-13,16,18-20H,14-15H2,1-3H3,(H,37,43)/b24-18+,39-31-. The lowest BCUT2D eigenvalue weighted by Crippen LogP contribution is -2.27. The Balaban J connectivity index is 1.26. The molecule has 9 nitrogen and oxygen atoms in total. The van der Waals surface area contributed by atoms with Crippen molar-refractivity contribution in [3.63, 3.8) is 0 Å². The van der Waals surface area contributed by atoms with Crippen LogP contribution in [0, 0.1) is 18.3 Å². The minimum atomic E-state index is -4.77. The van der Waals surface area contributed by atoms with Gasteiger partial charge in [-0.05, 0) is 59.9 Å². The van der Waals surface area contributed by atoms with Gasteiger partial charge in [-0.15, -0.1) is 18.3 Å². The monoisotopic (exact) mass is 631 g/mol. The lowest BCUT2D eigenvalue weighted by atomic mass is 9.99. The van der Waals surface area contributed by atoms with Crippen LogP contribution < -0.4 is 15.0 Å². The lowest BCUT2D eigenvalue weighted by molar-refractivity contribution is -0.274. The van der Waals surface area contributed by atoms with Crippen LogP contribution in [-0.4, -0.2) is 44.6 Å². The highest BCUT2D eigenvalue weighted by Gasteiger charge is 2.31. The van der Waals surface area contributed by atoms with Crippen molar-refractivity contribution >= 4 is 34.2 Å². The molecule has 13 heteroatoms. The van der Waals surface area contributed by atoms with E-state index in [-0.39, 0.29) is 11.3 Å². The first-order valence-electron chi connectivity index (χ1n) is 13.9. The number of alkyl halides is 3. The van der Waals surface area contributed by atoms with E-state index in [2.05, 4.69) is 68.1 Å². The van der Waals surface area contributed by atoms with Gasteiger partial charge < -0.3 is 15.0 Å². The fraction of sp³-hybridized carbons (Fsp3) is 0.219. The number of halogens is 3. The summed E-state index contributed by atoms with van der Waals surface area (Å²) >= 11 is 1.51. The number of amides is 2. The van der Waals surface area contributed by atoms with Gasteiger partial charge in [0.1, 0.15) is 18.1 Å². The number of amidine groups is 1. The second-order valence-electron chi connectivity index (χ2n) is 10.4. The largest absolute Gasteiger partial charge is 0.573 e. The van der Waals surface area contributed by atoms with E-state index in [4.69, 9.17) is 0 Å². The van der Waals surface area contributed by atoms with Crippen LogP contribution in [0.4, 0.5) is 23.7 Å². The van der Waals surface area contributed by atoms with Gasteiger partial charge in [0.2, 0.25) is 0 Å². The summed E-state index contributed by atoms with van der Waals surface area (Å²) in [6.07, 6.45) is -2.01. The number of aliphatic imine (C=N–C) groups is 1. The van der Waals surface area contributed by atoms with Gasteiger partial charge in [0.25, 0.3) is 0 Å². The molecule has 5 rings (SSSR count). The number of carbonyl (C=O) groups excluding carboxylic acids is 1. The quantitative estimate of drug-likeness (QED) is 0.211. The minimum absolute atomic E-state index is 0.228. The number of anilines is 1. The number of benzene rings is 3. The zero-order valence-corrected chi connectivity index (χ0v) is 25.4. The Hall–Kier alpha value is -5.09. The van der Waals surface area contributed by atoms with Gasteiger partial charge in [0.05, 0.1) is 11.3 Å². The van der Waals surface area contributed by atoms with Gasteiger partial charge in [-0.2, -0.15) is 10.3 Å². The number of hydrogen-bond acceptors (Lipinski definition) is 6. The smallest absolute Gasteiger partial charge is 0.406 e. The number of nitrogens with one attached hydrogen (secondary N) is 1. The molecule has 0 saturated carbocycles. The number of ether oxygens (including phenoxy) is 1. The van der Waals surface area contributed by atoms with E-state index in [1.807, 2.05) is 6.92 Å². The third kappa shape index (κ3) is 7.71. The summed E-state index contributed by atoms with van der Waals surface area (Å²) in [6.45, 7) is 7.04. The molecule has 1 aliphatic heterocycles. The first-order chi connectivity index (χ1) is 21.5. The molecular weight excluding hydrogens is 603 g/mol. The molecule has 230 valence electrons.